The van der Waals surface area contributed by atoms with Gasteiger partial charge in [0.2, 0.25) is 23.6 Å². The highest BCUT2D eigenvalue weighted by molar-refractivity contribution is 5.96. The summed E-state index contributed by atoms with van der Waals surface area (Å²) in [5.41, 5.74) is 11.3. The number of amides is 4. The Balaban J connectivity index is 3.03. The van der Waals surface area contributed by atoms with Gasteiger partial charge < -0.3 is 37.6 Å². The van der Waals surface area contributed by atoms with Crippen LogP contribution in [0, 0.1) is 5.92 Å². The van der Waals surface area contributed by atoms with Crippen molar-refractivity contribution in [2.24, 2.45) is 17.4 Å². The number of nitrogens with two attached hydrogens (primary N) is 2. The smallest absolute Gasteiger partial charge is 0.326 e. The van der Waals surface area contributed by atoms with Crippen LogP contribution in [0.3, 0.4) is 0 Å². The van der Waals surface area contributed by atoms with Crippen molar-refractivity contribution in [1.29, 1.82) is 0 Å². The van der Waals surface area contributed by atoms with Gasteiger partial charge in [0.15, 0.2) is 0 Å². The zero-order chi connectivity index (χ0) is 25.8. The summed E-state index contributed by atoms with van der Waals surface area (Å²) in [6.45, 7) is 2.77. The molecule has 188 valence electrons. The van der Waals surface area contributed by atoms with Crippen molar-refractivity contribution in [2.45, 2.75) is 57.3 Å². The molecule has 12 nitrogen and oxygen atoms in total. The minimum absolute atomic E-state index is 0.0302. The van der Waals surface area contributed by atoms with Crippen LogP contribution in [0.15, 0.2) is 30.3 Å². The van der Waals surface area contributed by atoms with Gasteiger partial charge in [0.1, 0.15) is 24.2 Å². The van der Waals surface area contributed by atoms with Crippen LogP contribution >= 0.6 is 0 Å². The average molecular weight is 480 g/mol. The summed E-state index contributed by atoms with van der Waals surface area (Å²) in [7, 11) is 0. The minimum atomic E-state index is -1.44. The van der Waals surface area contributed by atoms with E-state index in [2.05, 4.69) is 16.0 Å². The lowest BCUT2D eigenvalue weighted by atomic mass is 9.96. The van der Waals surface area contributed by atoms with E-state index in [1.807, 2.05) is 0 Å². The Bertz CT molecular complexity index is 864. The van der Waals surface area contributed by atoms with E-state index < -0.39 is 72.7 Å². The second-order valence-electron chi connectivity index (χ2n) is 7.98. The number of benzene rings is 1. The third kappa shape index (κ3) is 9.16. The molecule has 12 heteroatoms. The summed E-state index contributed by atoms with van der Waals surface area (Å²) in [6, 6.07) is 3.54. The number of aliphatic hydroxyl groups excluding tert-OH is 1. The highest BCUT2D eigenvalue weighted by Gasteiger charge is 2.33. The van der Waals surface area contributed by atoms with Crippen molar-refractivity contribution in [1.82, 2.24) is 16.0 Å². The number of hydrogen-bond donors (Lipinski definition) is 7. The molecule has 1 aromatic carbocycles. The van der Waals surface area contributed by atoms with Gasteiger partial charge in [-0.3, -0.25) is 19.2 Å². The molecule has 0 aliphatic rings. The van der Waals surface area contributed by atoms with Crippen molar-refractivity contribution >= 4 is 29.6 Å². The van der Waals surface area contributed by atoms with Gasteiger partial charge >= 0.3 is 5.97 Å². The molecule has 0 aromatic heterocycles. The number of hydrogen-bond acceptors (Lipinski definition) is 7. The third-order valence-corrected chi connectivity index (χ3v) is 5.26. The first kappa shape index (κ1) is 28.5. The molecule has 0 saturated heterocycles. The molecule has 0 spiro atoms. The number of nitrogens with one attached hydrogen (secondary N) is 3. The van der Waals surface area contributed by atoms with Crippen molar-refractivity contribution in [2.75, 3.05) is 6.61 Å². The molecule has 4 amide bonds. The standard InChI is InChI=1S/C22H33N5O7/c1-3-12(2)18(21(32)26-16(22(33)34)9-13-7-5-4-6-8-13)27-20(31)15(10-17(24)29)25-19(30)14(23)11-28/h4-8,12,14-16,18,28H,3,9-11,23H2,1-2H3,(H2,24,29)(H,25,30)(H,26,32)(H,27,31)(H,33,34). The Hall–Kier alpha value is -3.51. The molecular weight excluding hydrogens is 446 g/mol. The number of carbonyl (C=O) groups excluding carboxylic acids is 4. The molecule has 0 fully saturated rings. The number of carbonyl (C=O) groups is 5. The molecule has 9 N–H and O–H groups in total. The topological polar surface area (TPSA) is 214 Å². The first-order valence-electron chi connectivity index (χ1n) is 10.8. The van der Waals surface area contributed by atoms with Crippen LogP contribution in [0.25, 0.3) is 0 Å². The van der Waals surface area contributed by atoms with Gasteiger partial charge in [-0.15, -0.1) is 0 Å². The summed E-state index contributed by atoms with van der Waals surface area (Å²) < 4.78 is 0. The van der Waals surface area contributed by atoms with Crippen LogP contribution in [0.2, 0.25) is 0 Å². The Labute approximate surface area is 197 Å². The van der Waals surface area contributed by atoms with E-state index in [1.165, 1.54) is 0 Å². The highest BCUT2D eigenvalue weighted by atomic mass is 16.4. The largest absolute Gasteiger partial charge is 0.480 e. The van der Waals surface area contributed by atoms with E-state index in [1.54, 1.807) is 44.2 Å². The van der Waals surface area contributed by atoms with E-state index >= 15 is 0 Å². The van der Waals surface area contributed by atoms with Crippen LogP contribution in [-0.2, 0) is 30.4 Å². The molecule has 5 unspecified atom stereocenters. The van der Waals surface area contributed by atoms with E-state index in [0.29, 0.717) is 12.0 Å². The second kappa shape index (κ2) is 13.9. The average Bonchev–Trinajstić information content (AvgIpc) is 2.80. The lowest BCUT2D eigenvalue weighted by molar-refractivity contribution is -0.142. The van der Waals surface area contributed by atoms with Crippen molar-refractivity contribution in [3.63, 3.8) is 0 Å². The van der Waals surface area contributed by atoms with Gasteiger partial charge in [-0.2, -0.15) is 0 Å². The van der Waals surface area contributed by atoms with E-state index in [9.17, 15) is 29.1 Å². The van der Waals surface area contributed by atoms with Gasteiger partial charge in [0.25, 0.3) is 0 Å². The summed E-state index contributed by atoms with van der Waals surface area (Å²) in [4.78, 5) is 61.0. The van der Waals surface area contributed by atoms with E-state index in [0.717, 1.165) is 0 Å². The van der Waals surface area contributed by atoms with E-state index in [-0.39, 0.29) is 6.42 Å². The molecule has 1 aromatic rings. The Morgan fingerprint density at radius 1 is 0.941 bits per heavy atom. The fourth-order valence-electron chi connectivity index (χ4n) is 3.04. The maximum atomic E-state index is 13.0. The van der Waals surface area contributed by atoms with Crippen LogP contribution in [-0.4, -0.2) is 70.6 Å². The third-order valence-electron chi connectivity index (χ3n) is 5.26. The first-order valence-corrected chi connectivity index (χ1v) is 10.8. The van der Waals surface area contributed by atoms with Gasteiger partial charge in [-0.1, -0.05) is 50.6 Å². The molecular formula is C22H33N5O7. The lowest BCUT2D eigenvalue weighted by Crippen LogP contribution is -2.59. The molecule has 0 aliphatic carbocycles. The van der Waals surface area contributed by atoms with Gasteiger partial charge in [0, 0.05) is 6.42 Å². The summed E-state index contributed by atoms with van der Waals surface area (Å²) in [5, 5.41) is 25.7. The fourth-order valence-corrected chi connectivity index (χ4v) is 3.04. The minimum Gasteiger partial charge on any atom is -0.480 e. The molecule has 0 radical (unpaired) electrons. The van der Waals surface area contributed by atoms with Crippen molar-refractivity contribution in [3.8, 4) is 0 Å². The second-order valence-corrected chi connectivity index (χ2v) is 7.98. The summed E-state index contributed by atoms with van der Waals surface area (Å²) >= 11 is 0. The summed E-state index contributed by atoms with van der Waals surface area (Å²) in [6.07, 6.45) is -0.0875. The monoisotopic (exact) mass is 479 g/mol. The maximum Gasteiger partial charge on any atom is 0.326 e. The molecule has 1 rings (SSSR count). The lowest BCUT2D eigenvalue weighted by Gasteiger charge is -2.27. The van der Waals surface area contributed by atoms with Crippen LogP contribution in [0.4, 0.5) is 0 Å². The molecule has 0 aliphatic heterocycles. The molecule has 0 heterocycles. The number of rotatable bonds is 14. The molecule has 5 atom stereocenters. The zero-order valence-corrected chi connectivity index (χ0v) is 19.2. The molecule has 34 heavy (non-hydrogen) atoms. The zero-order valence-electron chi connectivity index (χ0n) is 19.2. The van der Waals surface area contributed by atoms with Gasteiger partial charge in [-0.25, -0.2) is 4.79 Å². The first-order chi connectivity index (χ1) is 16.0. The van der Waals surface area contributed by atoms with Crippen LogP contribution < -0.4 is 27.4 Å². The SMILES string of the molecule is CCC(C)C(NC(=O)C(CC(N)=O)NC(=O)C(N)CO)C(=O)NC(Cc1ccccc1)C(=O)O. The Morgan fingerprint density at radius 3 is 2.03 bits per heavy atom. The van der Waals surface area contributed by atoms with Crippen molar-refractivity contribution in [3.05, 3.63) is 35.9 Å². The predicted molar refractivity (Wildman–Crippen MR) is 122 cm³/mol. The number of aliphatic carboxylic acids is 1. The molecule has 0 saturated carbocycles. The van der Waals surface area contributed by atoms with E-state index in [4.69, 9.17) is 16.6 Å². The van der Waals surface area contributed by atoms with Crippen LogP contribution in [0.1, 0.15) is 32.3 Å². The predicted octanol–water partition coefficient (Wildman–Crippen LogP) is -1.99. The number of carboxylic acid groups (broad SMARTS) is 1. The Morgan fingerprint density at radius 2 is 1.53 bits per heavy atom. The Kier molecular flexibility index (Phi) is 11.7. The number of aliphatic hydroxyl groups is 1. The van der Waals surface area contributed by atoms with Gasteiger partial charge in [-0.05, 0) is 11.5 Å². The number of carboxylic acids is 1. The van der Waals surface area contributed by atoms with Gasteiger partial charge in [0.05, 0.1) is 13.0 Å². The summed E-state index contributed by atoms with van der Waals surface area (Å²) in [5.74, 6) is -5.06. The number of primary amides is 1. The maximum absolute atomic E-state index is 13.0. The normalized spacial score (nSPS) is 15.2. The van der Waals surface area contributed by atoms with Crippen LogP contribution in [0.5, 0.6) is 0 Å². The fraction of sp³-hybridized carbons (Fsp3) is 0.500. The van der Waals surface area contributed by atoms with Crippen molar-refractivity contribution < 1.29 is 34.2 Å². The quantitative estimate of drug-likeness (QED) is 0.158. The molecule has 0 bridgehead atoms. The highest BCUT2D eigenvalue weighted by Crippen LogP contribution is 2.11.